The van der Waals surface area contributed by atoms with Crippen molar-refractivity contribution in [2.45, 2.75) is 32.9 Å². The van der Waals surface area contributed by atoms with E-state index in [9.17, 15) is 0 Å². The molecule has 90 valence electrons. The second-order valence-electron chi connectivity index (χ2n) is 4.37. The van der Waals surface area contributed by atoms with Gasteiger partial charge in [-0.3, -0.25) is 4.98 Å². The topological polar surface area (TPSA) is 24.9 Å². The van der Waals surface area contributed by atoms with Gasteiger partial charge in [0.25, 0.3) is 0 Å². The van der Waals surface area contributed by atoms with E-state index >= 15 is 0 Å². The SMILES string of the molecule is CCCNc1ccnc(CSCC(C)C)c1. The molecule has 1 heterocycles. The van der Waals surface area contributed by atoms with Crippen LogP contribution in [-0.2, 0) is 5.75 Å². The van der Waals surface area contributed by atoms with E-state index < -0.39 is 0 Å². The molecule has 1 rings (SSSR count). The summed E-state index contributed by atoms with van der Waals surface area (Å²) in [7, 11) is 0. The van der Waals surface area contributed by atoms with E-state index in [0.29, 0.717) is 0 Å². The minimum absolute atomic E-state index is 0.756. The highest BCUT2D eigenvalue weighted by atomic mass is 32.2. The molecule has 0 aliphatic rings. The number of hydrogen-bond donors (Lipinski definition) is 1. The number of rotatable bonds is 7. The molecule has 1 N–H and O–H groups in total. The van der Waals surface area contributed by atoms with Gasteiger partial charge in [0.15, 0.2) is 0 Å². The average molecular weight is 238 g/mol. The van der Waals surface area contributed by atoms with Crippen molar-refractivity contribution in [3.8, 4) is 0 Å². The Morgan fingerprint density at radius 2 is 2.25 bits per heavy atom. The second-order valence-corrected chi connectivity index (χ2v) is 5.40. The van der Waals surface area contributed by atoms with Crippen molar-refractivity contribution in [2.75, 3.05) is 17.6 Å². The molecule has 0 amide bonds. The zero-order valence-corrected chi connectivity index (χ0v) is 11.3. The molecule has 0 spiro atoms. The Morgan fingerprint density at radius 1 is 1.44 bits per heavy atom. The van der Waals surface area contributed by atoms with Gasteiger partial charge in [-0.15, -0.1) is 0 Å². The summed E-state index contributed by atoms with van der Waals surface area (Å²) in [6, 6.07) is 4.19. The maximum Gasteiger partial charge on any atom is 0.0523 e. The third kappa shape index (κ3) is 5.40. The van der Waals surface area contributed by atoms with Crippen LogP contribution < -0.4 is 5.32 Å². The number of thioether (sulfide) groups is 1. The van der Waals surface area contributed by atoms with E-state index in [1.54, 1.807) is 0 Å². The Kier molecular flexibility index (Phi) is 6.31. The lowest BCUT2D eigenvalue weighted by Crippen LogP contribution is -2.01. The van der Waals surface area contributed by atoms with E-state index in [0.717, 1.165) is 24.6 Å². The zero-order valence-electron chi connectivity index (χ0n) is 10.5. The van der Waals surface area contributed by atoms with Gasteiger partial charge in [0.2, 0.25) is 0 Å². The van der Waals surface area contributed by atoms with E-state index in [2.05, 4.69) is 37.1 Å². The number of anilines is 1. The summed E-state index contributed by atoms with van der Waals surface area (Å²) in [6.45, 7) is 7.70. The van der Waals surface area contributed by atoms with Gasteiger partial charge in [-0.1, -0.05) is 20.8 Å². The number of aromatic nitrogens is 1. The lowest BCUT2D eigenvalue weighted by atomic mass is 10.3. The van der Waals surface area contributed by atoms with Crippen molar-refractivity contribution in [3.63, 3.8) is 0 Å². The lowest BCUT2D eigenvalue weighted by molar-refractivity contribution is 0.750. The summed E-state index contributed by atoms with van der Waals surface area (Å²) in [5, 5.41) is 3.38. The summed E-state index contributed by atoms with van der Waals surface area (Å²) in [6.07, 6.45) is 3.04. The minimum Gasteiger partial charge on any atom is -0.385 e. The maximum atomic E-state index is 4.38. The maximum absolute atomic E-state index is 4.38. The van der Waals surface area contributed by atoms with Crippen LogP contribution in [0, 0.1) is 5.92 Å². The molecule has 0 saturated heterocycles. The Hall–Kier alpha value is -0.700. The average Bonchev–Trinajstić information content (AvgIpc) is 2.26. The van der Waals surface area contributed by atoms with Crippen LogP contribution >= 0.6 is 11.8 Å². The monoisotopic (exact) mass is 238 g/mol. The van der Waals surface area contributed by atoms with Gasteiger partial charge in [0.05, 0.1) is 5.69 Å². The highest BCUT2D eigenvalue weighted by Gasteiger charge is 1.99. The van der Waals surface area contributed by atoms with Crippen molar-refractivity contribution in [1.82, 2.24) is 4.98 Å². The van der Waals surface area contributed by atoms with Gasteiger partial charge in [-0.25, -0.2) is 0 Å². The predicted molar refractivity (Wildman–Crippen MR) is 74.0 cm³/mol. The third-order valence-corrected chi connectivity index (χ3v) is 3.50. The van der Waals surface area contributed by atoms with Gasteiger partial charge in [-0.05, 0) is 30.2 Å². The summed E-state index contributed by atoms with van der Waals surface area (Å²) in [5.74, 6) is 2.97. The number of hydrogen-bond acceptors (Lipinski definition) is 3. The molecular formula is C13H22N2S. The van der Waals surface area contributed by atoms with Crippen molar-refractivity contribution in [3.05, 3.63) is 24.0 Å². The van der Waals surface area contributed by atoms with Gasteiger partial charge < -0.3 is 5.32 Å². The second kappa shape index (κ2) is 7.55. The standard InChI is InChI=1S/C13H22N2S/c1-4-6-14-12-5-7-15-13(8-12)10-16-9-11(2)3/h5,7-8,11H,4,6,9-10H2,1-3H3,(H,14,15). The summed E-state index contributed by atoms with van der Waals surface area (Å²) >= 11 is 1.96. The van der Waals surface area contributed by atoms with Crippen LogP contribution in [0.2, 0.25) is 0 Å². The van der Waals surface area contributed by atoms with Gasteiger partial charge >= 0.3 is 0 Å². The molecule has 1 aromatic rings. The van der Waals surface area contributed by atoms with Gasteiger partial charge in [0, 0.05) is 24.2 Å². The van der Waals surface area contributed by atoms with E-state index in [1.165, 1.54) is 17.1 Å². The quantitative estimate of drug-likeness (QED) is 0.782. The molecule has 0 radical (unpaired) electrons. The molecular weight excluding hydrogens is 216 g/mol. The molecule has 0 aromatic carbocycles. The van der Waals surface area contributed by atoms with Gasteiger partial charge in [0.1, 0.15) is 0 Å². The van der Waals surface area contributed by atoms with Crippen molar-refractivity contribution in [1.29, 1.82) is 0 Å². The van der Waals surface area contributed by atoms with Gasteiger partial charge in [-0.2, -0.15) is 11.8 Å². The number of pyridine rings is 1. The van der Waals surface area contributed by atoms with Crippen LogP contribution in [-0.4, -0.2) is 17.3 Å². The molecule has 0 atom stereocenters. The predicted octanol–water partition coefficient (Wildman–Crippen LogP) is 3.79. The molecule has 0 unspecified atom stereocenters. The molecule has 0 bridgehead atoms. The van der Waals surface area contributed by atoms with Crippen LogP contribution in [0.4, 0.5) is 5.69 Å². The first-order chi connectivity index (χ1) is 7.72. The highest BCUT2D eigenvalue weighted by Crippen LogP contribution is 2.16. The fourth-order valence-corrected chi connectivity index (χ4v) is 2.29. The zero-order chi connectivity index (χ0) is 11.8. The Labute approximate surface area is 103 Å². The molecule has 16 heavy (non-hydrogen) atoms. The van der Waals surface area contributed by atoms with Crippen LogP contribution in [0.5, 0.6) is 0 Å². The summed E-state index contributed by atoms with van der Waals surface area (Å²) < 4.78 is 0. The Morgan fingerprint density at radius 3 is 2.94 bits per heavy atom. The van der Waals surface area contributed by atoms with E-state index in [1.807, 2.05) is 24.0 Å². The Bertz CT molecular complexity index is 300. The van der Waals surface area contributed by atoms with Crippen LogP contribution in [0.25, 0.3) is 0 Å². The fourth-order valence-electron chi connectivity index (χ4n) is 1.34. The van der Waals surface area contributed by atoms with Crippen molar-refractivity contribution in [2.24, 2.45) is 5.92 Å². The highest BCUT2D eigenvalue weighted by molar-refractivity contribution is 7.98. The van der Waals surface area contributed by atoms with Crippen LogP contribution in [0.15, 0.2) is 18.3 Å². The van der Waals surface area contributed by atoms with Crippen molar-refractivity contribution >= 4 is 17.4 Å². The molecule has 1 aromatic heterocycles. The Balaban J connectivity index is 2.40. The molecule has 0 aliphatic heterocycles. The largest absolute Gasteiger partial charge is 0.385 e. The van der Waals surface area contributed by atoms with Crippen LogP contribution in [0.1, 0.15) is 32.9 Å². The number of nitrogens with one attached hydrogen (secondary N) is 1. The fraction of sp³-hybridized carbons (Fsp3) is 0.615. The molecule has 3 heteroatoms. The third-order valence-electron chi connectivity index (χ3n) is 2.10. The molecule has 0 saturated carbocycles. The van der Waals surface area contributed by atoms with E-state index in [4.69, 9.17) is 0 Å². The normalized spacial score (nSPS) is 10.8. The number of nitrogens with zero attached hydrogens (tertiary/aromatic N) is 1. The van der Waals surface area contributed by atoms with Crippen LogP contribution in [0.3, 0.4) is 0 Å². The molecule has 0 aliphatic carbocycles. The molecule has 2 nitrogen and oxygen atoms in total. The first-order valence-electron chi connectivity index (χ1n) is 5.99. The lowest BCUT2D eigenvalue weighted by Gasteiger charge is -2.07. The molecule has 0 fully saturated rings. The summed E-state index contributed by atoms with van der Waals surface area (Å²) in [5.41, 5.74) is 2.36. The summed E-state index contributed by atoms with van der Waals surface area (Å²) in [4.78, 5) is 4.38. The van der Waals surface area contributed by atoms with E-state index in [-0.39, 0.29) is 0 Å². The smallest absolute Gasteiger partial charge is 0.0523 e. The minimum atomic E-state index is 0.756. The van der Waals surface area contributed by atoms with Crippen molar-refractivity contribution < 1.29 is 0 Å². The first-order valence-corrected chi connectivity index (χ1v) is 7.14. The first kappa shape index (κ1) is 13.4.